The Morgan fingerprint density at radius 1 is 1.27 bits per heavy atom. The predicted octanol–water partition coefficient (Wildman–Crippen LogP) is 2.81. The molecule has 0 aliphatic rings. The average molecular weight is 364 g/mol. The second-order valence-electron chi connectivity index (χ2n) is 4.52. The second kappa shape index (κ2) is 7.93. The van der Waals surface area contributed by atoms with Crippen molar-refractivity contribution in [2.24, 2.45) is 5.73 Å². The highest BCUT2D eigenvalue weighted by Crippen LogP contribution is 2.19. The molecule has 0 unspecified atom stereocenters. The van der Waals surface area contributed by atoms with Crippen LogP contribution < -0.4 is 16.0 Å². The third kappa shape index (κ3) is 4.56. The third-order valence-electron chi connectivity index (χ3n) is 2.91. The Kier molecular flexibility index (Phi) is 5.94. The van der Waals surface area contributed by atoms with Gasteiger partial charge >= 0.3 is 5.97 Å². The van der Waals surface area contributed by atoms with Gasteiger partial charge in [0.15, 0.2) is 0 Å². The second-order valence-corrected chi connectivity index (χ2v) is 5.43. The Labute approximate surface area is 137 Å². The van der Waals surface area contributed by atoms with Crippen LogP contribution in [-0.2, 0) is 11.3 Å². The number of rotatable bonds is 6. The van der Waals surface area contributed by atoms with Crippen LogP contribution in [0.3, 0.4) is 0 Å². The molecule has 0 atom stereocenters. The summed E-state index contributed by atoms with van der Waals surface area (Å²) in [5.74, 6) is 0.217. The number of carbonyl (C=O) groups excluding carboxylic acids is 1. The summed E-state index contributed by atoms with van der Waals surface area (Å²) < 4.78 is 6.04. The van der Waals surface area contributed by atoms with Gasteiger partial charge in [-0.15, -0.1) is 6.42 Å². The number of hydroxylamine groups is 1. The van der Waals surface area contributed by atoms with Crippen molar-refractivity contribution in [3.05, 3.63) is 70.3 Å². The molecule has 22 heavy (non-hydrogen) atoms. The highest BCUT2D eigenvalue weighted by Gasteiger charge is 2.07. The molecule has 0 aliphatic carbocycles. The molecule has 3 N–H and O–H groups in total. The number of methoxy groups -OCH3 is 1. The first-order valence-corrected chi connectivity index (χ1v) is 7.35. The summed E-state index contributed by atoms with van der Waals surface area (Å²) in [7, 11) is 1.59. The Morgan fingerprint density at radius 2 is 2.05 bits per heavy atom. The third-order valence-corrected chi connectivity index (χ3v) is 3.40. The van der Waals surface area contributed by atoms with Crippen LogP contribution >= 0.6 is 15.9 Å². The van der Waals surface area contributed by atoms with E-state index in [0.717, 1.165) is 15.8 Å². The van der Waals surface area contributed by atoms with Gasteiger partial charge in [0.1, 0.15) is 5.75 Å². The van der Waals surface area contributed by atoms with Crippen LogP contribution in [0.25, 0.3) is 0 Å². The van der Waals surface area contributed by atoms with Crippen LogP contribution in [-0.4, -0.2) is 13.1 Å². The summed E-state index contributed by atoms with van der Waals surface area (Å²) in [5.41, 5.74) is 9.64. The van der Waals surface area contributed by atoms with Gasteiger partial charge in [-0.25, -0.2) is 4.79 Å². The van der Waals surface area contributed by atoms with E-state index in [1.54, 1.807) is 25.3 Å². The fourth-order valence-electron chi connectivity index (χ4n) is 1.88. The molecule has 0 radical (unpaired) electrons. The molecular weight excluding hydrogens is 348 g/mol. The van der Waals surface area contributed by atoms with Crippen molar-refractivity contribution in [3.63, 3.8) is 0 Å². The van der Waals surface area contributed by atoms with Crippen molar-refractivity contribution in [1.29, 1.82) is 0 Å². The van der Waals surface area contributed by atoms with Gasteiger partial charge in [-0.05, 0) is 29.8 Å². The number of benzene rings is 2. The molecule has 0 saturated carbocycles. The summed E-state index contributed by atoms with van der Waals surface area (Å²) in [4.78, 5) is 16.9. The highest BCUT2D eigenvalue weighted by molar-refractivity contribution is 9.10. The van der Waals surface area contributed by atoms with E-state index >= 15 is 0 Å². The lowest BCUT2D eigenvalue weighted by atomic mass is 10.1. The normalized spacial score (nSPS) is 10.5. The molecule has 2 rings (SSSR count). The lowest BCUT2D eigenvalue weighted by Crippen LogP contribution is -2.33. The molecule has 116 valence electrons. The van der Waals surface area contributed by atoms with Gasteiger partial charge in [-0.2, -0.15) is 6.17 Å². The summed E-state index contributed by atoms with van der Waals surface area (Å²) in [5, 5.41) is 0. The van der Waals surface area contributed by atoms with Crippen LogP contribution in [0.5, 0.6) is 5.75 Å². The van der Waals surface area contributed by atoms with Gasteiger partial charge in [0.25, 0.3) is 0 Å². The van der Waals surface area contributed by atoms with Crippen molar-refractivity contribution in [3.8, 4) is 5.75 Å². The maximum Gasteiger partial charge on any atom is 0.354 e. The fraction of sp³-hybridized carbons (Fsp3) is 0.125. The van der Waals surface area contributed by atoms with E-state index < -0.39 is 5.97 Å². The molecule has 0 fully saturated rings. The predicted molar refractivity (Wildman–Crippen MR) is 86.8 cm³/mol. The summed E-state index contributed by atoms with van der Waals surface area (Å²) in [6, 6.07) is 14.4. The van der Waals surface area contributed by atoms with E-state index in [-0.39, 0.29) is 0 Å². The van der Waals surface area contributed by atoms with Crippen LogP contribution in [0, 0.1) is 6.17 Å². The van der Waals surface area contributed by atoms with Gasteiger partial charge in [0, 0.05) is 4.47 Å². The van der Waals surface area contributed by atoms with Crippen molar-refractivity contribution in [2.75, 3.05) is 7.11 Å². The number of halogens is 1. The van der Waals surface area contributed by atoms with Crippen LogP contribution in [0.2, 0.25) is 0 Å². The molecule has 0 saturated heterocycles. The van der Waals surface area contributed by atoms with Gasteiger partial charge in [0.05, 0.1) is 12.7 Å². The zero-order valence-electron chi connectivity index (χ0n) is 12.0. The zero-order valence-corrected chi connectivity index (χ0v) is 13.6. The molecular formula is C16H16BrN2O3-. The zero-order chi connectivity index (χ0) is 15.9. The molecule has 0 aliphatic heterocycles. The lowest BCUT2D eigenvalue weighted by Gasteiger charge is -2.26. The Balaban J connectivity index is 1.90. The quantitative estimate of drug-likeness (QED) is 0.609. The summed E-state index contributed by atoms with van der Waals surface area (Å²) >= 11 is 3.30. The van der Waals surface area contributed by atoms with Crippen LogP contribution in [0.1, 0.15) is 15.9 Å². The van der Waals surface area contributed by atoms with Gasteiger partial charge in [-0.3, -0.25) is 5.48 Å². The van der Waals surface area contributed by atoms with Crippen molar-refractivity contribution < 1.29 is 14.4 Å². The number of para-hydroxylation sites is 1. The number of nitrogens with two attached hydrogens (primary N) is 1. The minimum Gasteiger partial charge on any atom is -0.497 e. The number of hydrogen-bond acceptors (Lipinski definition) is 5. The van der Waals surface area contributed by atoms with Crippen LogP contribution in [0.4, 0.5) is 0 Å². The van der Waals surface area contributed by atoms with Gasteiger partial charge in [0.2, 0.25) is 0 Å². The van der Waals surface area contributed by atoms with E-state index in [1.807, 2.05) is 30.3 Å². The van der Waals surface area contributed by atoms with Crippen molar-refractivity contribution in [2.45, 2.75) is 6.42 Å². The Bertz CT molecular complexity index is 649. The number of hydrogen-bond donors (Lipinski definition) is 2. The largest absolute Gasteiger partial charge is 0.497 e. The SMILES string of the molecule is COc1ccccc1C[C-](N)NOC(=O)c1cccc(Br)c1. The Hall–Kier alpha value is -1.89. The summed E-state index contributed by atoms with van der Waals surface area (Å²) in [6.45, 7) is 0. The van der Waals surface area contributed by atoms with E-state index in [9.17, 15) is 4.79 Å². The number of nitrogens with one attached hydrogen (secondary N) is 1. The van der Waals surface area contributed by atoms with Crippen molar-refractivity contribution >= 4 is 21.9 Å². The average Bonchev–Trinajstić information content (AvgIpc) is 2.53. The molecule has 0 bridgehead atoms. The maximum atomic E-state index is 11.9. The van der Waals surface area contributed by atoms with E-state index in [0.29, 0.717) is 18.2 Å². The first kappa shape index (κ1) is 16.5. The molecule has 0 amide bonds. The first-order valence-electron chi connectivity index (χ1n) is 6.56. The molecule has 5 nitrogen and oxygen atoms in total. The van der Waals surface area contributed by atoms with Crippen molar-refractivity contribution in [1.82, 2.24) is 5.48 Å². The van der Waals surface area contributed by atoms with Crippen LogP contribution in [0.15, 0.2) is 53.0 Å². The molecule has 2 aromatic carbocycles. The Morgan fingerprint density at radius 3 is 2.77 bits per heavy atom. The molecule has 0 heterocycles. The molecule has 6 heteroatoms. The highest BCUT2D eigenvalue weighted by atomic mass is 79.9. The fourth-order valence-corrected chi connectivity index (χ4v) is 2.28. The lowest BCUT2D eigenvalue weighted by molar-refractivity contribution is 0.0262. The van der Waals surface area contributed by atoms with Gasteiger partial charge < -0.3 is 15.3 Å². The number of ether oxygens (including phenoxy) is 1. The minimum absolute atomic E-state index is 0.313. The monoisotopic (exact) mass is 363 g/mol. The van der Waals surface area contributed by atoms with E-state index in [2.05, 4.69) is 21.4 Å². The smallest absolute Gasteiger partial charge is 0.354 e. The van der Waals surface area contributed by atoms with Gasteiger partial charge in [-0.1, -0.05) is 40.2 Å². The molecule has 0 spiro atoms. The topological polar surface area (TPSA) is 73.6 Å². The maximum absolute atomic E-state index is 11.9. The summed E-state index contributed by atoms with van der Waals surface area (Å²) in [6.07, 6.45) is 0.698. The first-order chi connectivity index (χ1) is 10.6. The van der Waals surface area contributed by atoms with E-state index in [4.69, 9.17) is 15.3 Å². The minimum atomic E-state index is -0.510. The standard InChI is InChI=1S/C16H16BrN2O3/c1-21-14-8-3-2-5-11(14)10-15(18)19-22-16(20)12-6-4-7-13(17)9-12/h2-9,19H,10,18H2,1H3/q-1. The number of carbonyl (C=O) groups is 1. The molecule has 0 aromatic heterocycles. The van der Waals surface area contributed by atoms with E-state index in [1.165, 1.54) is 0 Å². The molecule has 2 aromatic rings.